The largest absolute Gasteiger partial charge is 0.508 e. The van der Waals surface area contributed by atoms with Crippen molar-refractivity contribution < 1.29 is 42.2 Å². The maximum atomic E-state index is 13.8. The van der Waals surface area contributed by atoms with Gasteiger partial charge < -0.3 is 25.7 Å². The fourth-order valence-corrected chi connectivity index (χ4v) is 6.38. The van der Waals surface area contributed by atoms with Crippen LogP contribution in [0.25, 0.3) is 0 Å². The number of hydrogen-bond donors (Lipinski definition) is 4. The lowest BCUT2D eigenvalue weighted by Crippen LogP contribution is -2.58. The van der Waals surface area contributed by atoms with Crippen molar-refractivity contribution in [1.82, 2.24) is 15.5 Å². The van der Waals surface area contributed by atoms with Crippen LogP contribution in [0.3, 0.4) is 0 Å². The van der Waals surface area contributed by atoms with Gasteiger partial charge in [-0.3, -0.25) is 14.4 Å². The van der Waals surface area contributed by atoms with Crippen LogP contribution in [0.5, 0.6) is 5.75 Å². The van der Waals surface area contributed by atoms with E-state index in [1.165, 1.54) is 30.0 Å². The summed E-state index contributed by atoms with van der Waals surface area (Å²) in [5.41, 5.74) is -0.448. The fourth-order valence-electron chi connectivity index (χ4n) is 5.24. The fraction of sp³-hybridized carbons (Fsp3) is 0.344. The smallest absolute Gasteiger partial charge is 0.416 e. The summed E-state index contributed by atoms with van der Waals surface area (Å²) >= 11 is 1.23. The number of halogens is 4. The molecule has 8 nitrogen and oxygen atoms in total. The van der Waals surface area contributed by atoms with Crippen LogP contribution in [0.15, 0.2) is 66.7 Å². The Hall–Kier alpha value is -4.10. The van der Waals surface area contributed by atoms with Crippen molar-refractivity contribution >= 4 is 29.5 Å². The zero-order valence-corrected chi connectivity index (χ0v) is 25.5. The van der Waals surface area contributed by atoms with Crippen molar-refractivity contribution in [2.24, 2.45) is 0 Å². The van der Waals surface area contributed by atoms with Crippen LogP contribution in [0.4, 0.5) is 17.6 Å². The number of nitrogens with zero attached hydrogens (tertiary/aromatic N) is 1. The number of hydrogen-bond acceptors (Lipinski definition) is 6. The van der Waals surface area contributed by atoms with Gasteiger partial charge in [0.05, 0.1) is 17.5 Å². The molecule has 1 saturated heterocycles. The van der Waals surface area contributed by atoms with Gasteiger partial charge in [0, 0.05) is 22.4 Å². The summed E-state index contributed by atoms with van der Waals surface area (Å²) in [6.07, 6.45) is -6.56. The zero-order valence-electron chi connectivity index (χ0n) is 24.7. The number of carbonyl (C=O) groups excluding carboxylic acids is 3. The SMILES string of the molecule is Cc1c(O)cccc1C(=O)N[C@@H](Cc1ccccc1)[C@H](O)C(=O)N1CSC(C)(C)[C@H]1C(=O)NCc1cc(F)ccc1C(F)(F)F. The van der Waals surface area contributed by atoms with Gasteiger partial charge in [-0.1, -0.05) is 36.4 Å². The molecule has 3 aromatic carbocycles. The summed E-state index contributed by atoms with van der Waals surface area (Å²) in [5.74, 6) is -3.34. The molecular formula is C32H33F4N3O5S. The summed E-state index contributed by atoms with van der Waals surface area (Å²) in [7, 11) is 0. The van der Waals surface area contributed by atoms with E-state index in [4.69, 9.17) is 0 Å². The molecule has 1 aliphatic heterocycles. The van der Waals surface area contributed by atoms with E-state index in [1.54, 1.807) is 51.1 Å². The van der Waals surface area contributed by atoms with Crippen LogP contribution < -0.4 is 10.6 Å². The van der Waals surface area contributed by atoms with Crippen molar-refractivity contribution in [3.8, 4) is 5.75 Å². The van der Waals surface area contributed by atoms with Crippen molar-refractivity contribution in [2.45, 2.75) is 62.8 Å². The molecule has 3 atom stereocenters. The molecule has 3 amide bonds. The minimum absolute atomic E-state index is 0.0214. The van der Waals surface area contributed by atoms with Crippen molar-refractivity contribution in [3.63, 3.8) is 0 Å². The van der Waals surface area contributed by atoms with Gasteiger partial charge in [-0.15, -0.1) is 11.8 Å². The third kappa shape index (κ3) is 7.77. The van der Waals surface area contributed by atoms with Crippen LogP contribution in [0.1, 0.15) is 46.5 Å². The molecule has 0 radical (unpaired) electrons. The second kappa shape index (κ2) is 13.5. The van der Waals surface area contributed by atoms with Gasteiger partial charge >= 0.3 is 6.18 Å². The lowest BCUT2D eigenvalue weighted by molar-refractivity contribution is -0.147. The Bertz CT molecular complexity index is 1570. The molecule has 4 rings (SSSR count). The van der Waals surface area contributed by atoms with E-state index >= 15 is 0 Å². The lowest BCUT2D eigenvalue weighted by Gasteiger charge is -2.33. The number of phenolic OH excluding ortho intramolecular Hbond substituents is 1. The lowest BCUT2D eigenvalue weighted by atomic mass is 9.96. The first-order valence-corrected chi connectivity index (χ1v) is 15.0. The average Bonchev–Trinajstić information content (AvgIpc) is 3.30. The third-order valence-corrected chi connectivity index (χ3v) is 9.08. The average molecular weight is 648 g/mol. The second-order valence-corrected chi connectivity index (χ2v) is 12.9. The maximum Gasteiger partial charge on any atom is 0.416 e. The number of aromatic hydroxyl groups is 1. The quantitative estimate of drug-likeness (QED) is 0.253. The minimum Gasteiger partial charge on any atom is -0.508 e. The van der Waals surface area contributed by atoms with Gasteiger partial charge in [0.1, 0.15) is 17.6 Å². The number of rotatable bonds is 9. The van der Waals surface area contributed by atoms with Gasteiger partial charge in [0.2, 0.25) is 5.91 Å². The van der Waals surface area contributed by atoms with Crippen LogP contribution in [-0.4, -0.2) is 61.6 Å². The Labute approximate surface area is 261 Å². The molecular weight excluding hydrogens is 614 g/mol. The van der Waals surface area contributed by atoms with Gasteiger partial charge in [0.15, 0.2) is 6.10 Å². The highest BCUT2D eigenvalue weighted by molar-refractivity contribution is 8.00. The van der Waals surface area contributed by atoms with Crippen molar-refractivity contribution in [3.05, 3.63) is 100 Å². The van der Waals surface area contributed by atoms with E-state index in [-0.39, 0.29) is 23.6 Å². The highest BCUT2D eigenvalue weighted by Crippen LogP contribution is 2.40. The number of phenols is 1. The Morgan fingerprint density at radius 2 is 1.76 bits per heavy atom. The summed E-state index contributed by atoms with van der Waals surface area (Å²) in [4.78, 5) is 41.6. The van der Waals surface area contributed by atoms with E-state index in [2.05, 4.69) is 10.6 Å². The van der Waals surface area contributed by atoms with E-state index in [0.717, 1.165) is 4.90 Å². The predicted octanol–water partition coefficient (Wildman–Crippen LogP) is 4.56. The number of amides is 3. The Morgan fingerprint density at radius 3 is 2.42 bits per heavy atom. The molecule has 45 heavy (non-hydrogen) atoms. The molecule has 4 N–H and O–H groups in total. The molecule has 0 bridgehead atoms. The molecule has 0 aliphatic carbocycles. The monoisotopic (exact) mass is 647 g/mol. The topological polar surface area (TPSA) is 119 Å². The second-order valence-electron chi connectivity index (χ2n) is 11.3. The number of nitrogens with one attached hydrogen (secondary N) is 2. The van der Waals surface area contributed by atoms with Gasteiger partial charge in [-0.2, -0.15) is 13.2 Å². The first-order chi connectivity index (χ1) is 21.1. The highest BCUT2D eigenvalue weighted by atomic mass is 32.2. The first kappa shape index (κ1) is 33.8. The molecule has 13 heteroatoms. The molecule has 0 unspecified atom stereocenters. The normalized spacial score (nSPS) is 17.4. The number of thioether (sulfide) groups is 1. The molecule has 0 aromatic heterocycles. The number of benzene rings is 3. The Balaban J connectivity index is 1.57. The molecule has 1 aliphatic rings. The molecule has 240 valence electrons. The minimum atomic E-state index is -4.78. The number of alkyl halides is 3. The van der Waals surface area contributed by atoms with E-state index in [1.807, 2.05) is 0 Å². The van der Waals surface area contributed by atoms with Crippen LogP contribution in [0.2, 0.25) is 0 Å². The van der Waals surface area contributed by atoms with Crippen molar-refractivity contribution in [1.29, 1.82) is 0 Å². The summed E-state index contributed by atoms with van der Waals surface area (Å²) < 4.78 is 53.4. The van der Waals surface area contributed by atoms with Crippen LogP contribution in [-0.2, 0) is 28.7 Å². The first-order valence-electron chi connectivity index (χ1n) is 14.0. The van der Waals surface area contributed by atoms with E-state index in [0.29, 0.717) is 29.3 Å². The summed E-state index contributed by atoms with van der Waals surface area (Å²) in [6, 6.07) is 12.8. The van der Waals surface area contributed by atoms with Crippen LogP contribution >= 0.6 is 11.8 Å². The molecule has 1 fully saturated rings. The summed E-state index contributed by atoms with van der Waals surface area (Å²) in [5, 5.41) is 26.6. The van der Waals surface area contributed by atoms with E-state index < -0.39 is 70.3 Å². The zero-order chi connectivity index (χ0) is 33.1. The van der Waals surface area contributed by atoms with Gasteiger partial charge in [-0.25, -0.2) is 4.39 Å². The summed E-state index contributed by atoms with van der Waals surface area (Å²) in [6.45, 7) is 4.26. The van der Waals surface area contributed by atoms with Gasteiger partial charge in [0.25, 0.3) is 11.8 Å². The maximum absolute atomic E-state index is 13.8. The van der Waals surface area contributed by atoms with Crippen molar-refractivity contribution in [2.75, 3.05) is 5.88 Å². The standard InChI is InChI=1S/C32H33F4N3O5S/c1-18-22(10-7-11-25(18)40)28(42)38-24(14-19-8-5-4-6-9-19)26(41)30(44)39-17-45-31(2,3)27(39)29(43)37-16-20-15-21(33)12-13-23(20)32(34,35)36/h4-13,15,24,26-27,40-41H,14,16-17H2,1-3H3,(H,37,43)(H,38,42)/t24-,26-,27+/m0/s1. The van der Waals surface area contributed by atoms with E-state index in [9.17, 15) is 42.2 Å². The molecule has 3 aromatic rings. The molecule has 0 spiro atoms. The number of aliphatic hydroxyl groups is 1. The Kier molecular flexibility index (Phi) is 10.1. The Morgan fingerprint density at radius 1 is 1.07 bits per heavy atom. The molecule has 1 heterocycles. The number of carbonyl (C=O) groups is 3. The number of aliphatic hydroxyl groups excluding tert-OH is 1. The predicted molar refractivity (Wildman–Crippen MR) is 161 cm³/mol. The van der Waals surface area contributed by atoms with Crippen LogP contribution in [0, 0.1) is 12.7 Å². The third-order valence-electron chi connectivity index (χ3n) is 7.70. The highest BCUT2D eigenvalue weighted by Gasteiger charge is 2.50. The van der Waals surface area contributed by atoms with Gasteiger partial charge in [-0.05, 0) is 68.7 Å². The molecule has 0 saturated carbocycles.